The Balaban J connectivity index is 2.35. The number of hydrogen-bond donors (Lipinski definition) is 1. The molecule has 0 aliphatic heterocycles. The molecule has 0 aliphatic rings. The summed E-state index contributed by atoms with van der Waals surface area (Å²) in [5.41, 5.74) is 1.62. The van der Waals surface area contributed by atoms with Crippen molar-refractivity contribution in [3.8, 4) is 0 Å². The van der Waals surface area contributed by atoms with Crippen LogP contribution in [0.15, 0.2) is 53.4 Å². The van der Waals surface area contributed by atoms with Crippen LogP contribution in [0.4, 0.5) is 5.69 Å². The molecule has 112 valence electrons. The van der Waals surface area contributed by atoms with Gasteiger partial charge in [0.1, 0.15) is 0 Å². The van der Waals surface area contributed by atoms with Crippen molar-refractivity contribution >= 4 is 27.3 Å². The Morgan fingerprint density at radius 1 is 1.10 bits per heavy atom. The lowest BCUT2D eigenvalue weighted by atomic mass is 9.97. The number of halogens is 1. The van der Waals surface area contributed by atoms with Crippen LogP contribution in [0.3, 0.4) is 0 Å². The Morgan fingerprint density at radius 2 is 1.71 bits per heavy atom. The standard InChI is InChI=1S/C16H18ClNO2S/c1-3-12(2)15-6-4-5-7-16(15)18-21(19,20)14-10-8-13(17)9-11-14/h4-12,18H,3H2,1-2H3/t12-/m0/s1. The number of benzene rings is 2. The number of anilines is 1. The van der Waals surface area contributed by atoms with E-state index in [0.717, 1.165) is 12.0 Å². The predicted molar refractivity (Wildman–Crippen MR) is 87.4 cm³/mol. The number of rotatable bonds is 5. The maximum atomic E-state index is 12.4. The fourth-order valence-corrected chi connectivity index (χ4v) is 3.27. The Morgan fingerprint density at radius 3 is 2.33 bits per heavy atom. The lowest BCUT2D eigenvalue weighted by molar-refractivity contribution is 0.601. The van der Waals surface area contributed by atoms with E-state index in [1.165, 1.54) is 12.1 Å². The summed E-state index contributed by atoms with van der Waals surface area (Å²) >= 11 is 5.79. The highest BCUT2D eigenvalue weighted by atomic mass is 35.5. The van der Waals surface area contributed by atoms with Crippen LogP contribution < -0.4 is 4.72 Å². The van der Waals surface area contributed by atoms with Gasteiger partial charge < -0.3 is 0 Å². The van der Waals surface area contributed by atoms with E-state index in [4.69, 9.17) is 11.6 Å². The van der Waals surface area contributed by atoms with Gasteiger partial charge in [-0.15, -0.1) is 0 Å². The van der Waals surface area contributed by atoms with E-state index in [2.05, 4.69) is 18.6 Å². The highest BCUT2D eigenvalue weighted by Crippen LogP contribution is 2.28. The van der Waals surface area contributed by atoms with Gasteiger partial charge in [-0.1, -0.05) is 43.6 Å². The molecule has 21 heavy (non-hydrogen) atoms. The van der Waals surface area contributed by atoms with Gasteiger partial charge in [0.2, 0.25) is 0 Å². The molecule has 0 fully saturated rings. The lowest BCUT2D eigenvalue weighted by Gasteiger charge is -2.16. The van der Waals surface area contributed by atoms with E-state index in [-0.39, 0.29) is 10.8 Å². The second kappa shape index (κ2) is 6.50. The van der Waals surface area contributed by atoms with E-state index >= 15 is 0 Å². The Hall–Kier alpha value is -1.52. The van der Waals surface area contributed by atoms with E-state index in [0.29, 0.717) is 10.7 Å². The molecule has 0 bridgehead atoms. The van der Waals surface area contributed by atoms with Crippen molar-refractivity contribution in [3.05, 3.63) is 59.1 Å². The number of hydrogen-bond acceptors (Lipinski definition) is 2. The first-order valence-corrected chi connectivity index (χ1v) is 8.67. The Kier molecular flexibility index (Phi) is 4.91. The highest BCUT2D eigenvalue weighted by molar-refractivity contribution is 7.92. The minimum atomic E-state index is -3.60. The molecule has 0 amide bonds. The summed E-state index contributed by atoms with van der Waals surface area (Å²) in [7, 11) is -3.60. The number of para-hydroxylation sites is 1. The lowest BCUT2D eigenvalue weighted by Crippen LogP contribution is -2.14. The molecule has 0 unspecified atom stereocenters. The van der Waals surface area contributed by atoms with Gasteiger partial charge in [0, 0.05) is 5.02 Å². The summed E-state index contributed by atoms with van der Waals surface area (Å²) in [5, 5.41) is 0.508. The molecule has 1 N–H and O–H groups in total. The van der Waals surface area contributed by atoms with E-state index < -0.39 is 10.0 Å². The van der Waals surface area contributed by atoms with E-state index in [1.54, 1.807) is 18.2 Å². The zero-order valence-electron chi connectivity index (χ0n) is 12.0. The summed E-state index contributed by atoms with van der Waals surface area (Å²) in [5.74, 6) is 0.286. The summed E-state index contributed by atoms with van der Waals surface area (Å²) in [4.78, 5) is 0.200. The van der Waals surface area contributed by atoms with Crippen molar-refractivity contribution in [2.75, 3.05) is 4.72 Å². The van der Waals surface area contributed by atoms with E-state index in [9.17, 15) is 8.42 Å². The summed E-state index contributed by atoms with van der Waals surface area (Å²) < 4.78 is 27.5. The highest BCUT2D eigenvalue weighted by Gasteiger charge is 2.17. The van der Waals surface area contributed by atoms with Gasteiger partial charge in [-0.3, -0.25) is 4.72 Å². The van der Waals surface area contributed by atoms with E-state index in [1.807, 2.05) is 18.2 Å². The molecular weight excluding hydrogens is 306 g/mol. The molecule has 5 heteroatoms. The second-order valence-corrected chi connectivity index (χ2v) is 7.07. The molecule has 3 nitrogen and oxygen atoms in total. The van der Waals surface area contributed by atoms with Crippen LogP contribution in [0.1, 0.15) is 31.7 Å². The average Bonchev–Trinajstić information content (AvgIpc) is 2.47. The molecule has 2 rings (SSSR count). The maximum Gasteiger partial charge on any atom is 0.261 e. The van der Waals surface area contributed by atoms with Crippen LogP contribution in [0.5, 0.6) is 0 Å². The molecule has 1 atom stereocenters. The van der Waals surface area contributed by atoms with Gasteiger partial charge in [0.25, 0.3) is 10.0 Å². The molecule has 2 aromatic carbocycles. The molecule has 0 aliphatic carbocycles. The molecule has 2 aromatic rings. The molecule has 0 saturated heterocycles. The van der Waals surface area contributed by atoms with Crippen molar-refractivity contribution in [2.24, 2.45) is 0 Å². The van der Waals surface area contributed by atoms with Crippen LogP contribution >= 0.6 is 11.6 Å². The topological polar surface area (TPSA) is 46.2 Å². The van der Waals surface area contributed by atoms with Crippen molar-refractivity contribution in [1.82, 2.24) is 0 Å². The normalized spacial score (nSPS) is 12.9. The number of nitrogens with one attached hydrogen (secondary N) is 1. The van der Waals surface area contributed by atoms with Crippen molar-refractivity contribution in [2.45, 2.75) is 31.1 Å². The SMILES string of the molecule is CC[C@H](C)c1ccccc1NS(=O)(=O)c1ccc(Cl)cc1. The Labute approximate surface area is 131 Å². The summed E-state index contributed by atoms with van der Waals surface area (Å²) in [6.45, 7) is 4.16. The first-order valence-electron chi connectivity index (χ1n) is 6.81. The quantitative estimate of drug-likeness (QED) is 0.870. The monoisotopic (exact) mass is 323 g/mol. The van der Waals surface area contributed by atoms with Gasteiger partial charge in [0.05, 0.1) is 10.6 Å². The summed E-state index contributed by atoms with van der Waals surface area (Å²) in [6, 6.07) is 13.6. The smallest absolute Gasteiger partial charge is 0.261 e. The molecule has 0 radical (unpaired) electrons. The molecule has 0 saturated carbocycles. The fraction of sp³-hybridized carbons (Fsp3) is 0.250. The summed E-state index contributed by atoms with van der Waals surface area (Å²) in [6.07, 6.45) is 0.944. The van der Waals surface area contributed by atoms with Crippen LogP contribution in [0.2, 0.25) is 5.02 Å². The van der Waals surface area contributed by atoms with Crippen molar-refractivity contribution < 1.29 is 8.42 Å². The third kappa shape index (κ3) is 3.77. The molecule has 0 aromatic heterocycles. The zero-order valence-corrected chi connectivity index (χ0v) is 13.6. The second-order valence-electron chi connectivity index (χ2n) is 4.96. The molecular formula is C16H18ClNO2S. The fourth-order valence-electron chi connectivity index (χ4n) is 2.06. The van der Waals surface area contributed by atoms with Crippen LogP contribution in [-0.2, 0) is 10.0 Å². The number of sulfonamides is 1. The van der Waals surface area contributed by atoms with Gasteiger partial charge in [-0.2, -0.15) is 0 Å². The zero-order chi connectivity index (χ0) is 15.5. The van der Waals surface area contributed by atoms with Gasteiger partial charge >= 0.3 is 0 Å². The van der Waals surface area contributed by atoms with Crippen molar-refractivity contribution in [3.63, 3.8) is 0 Å². The van der Waals surface area contributed by atoms with Gasteiger partial charge in [-0.25, -0.2) is 8.42 Å². The third-order valence-corrected chi connectivity index (χ3v) is 5.11. The average molecular weight is 324 g/mol. The first kappa shape index (κ1) is 15.9. The minimum Gasteiger partial charge on any atom is -0.279 e. The van der Waals surface area contributed by atoms with Gasteiger partial charge in [-0.05, 0) is 48.2 Å². The van der Waals surface area contributed by atoms with Crippen LogP contribution in [-0.4, -0.2) is 8.42 Å². The first-order chi connectivity index (χ1) is 9.94. The largest absolute Gasteiger partial charge is 0.279 e. The third-order valence-electron chi connectivity index (χ3n) is 3.47. The molecule has 0 heterocycles. The predicted octanol–water partition coefficient (Wildman–Crippen LogP) is 4.65. The maximum absolute atomic E-state index is 12.4. The Bertz CT molecular complexity index is 711. The van der Waals surface area contributed by atoms with Crippen molar-refractivity contribution in [1.29, 1.82) is 0 Å². The molecule has 0 spiro atoms. The minimum absolute atomic E-state index is 0.200. The van der Waals surface area contributed by atoms with Crippen LogP contribution in [0.25, 0.3) is 0 Å². The van der Waals surface area contributed by atoms with Gasteiger partial charge in [0.15, 0.2) is 0 Å². The van der Waals surface area contributed by atoms with Crippen LogP contribution in [0, 0.1) is 0 Å².